The van der Waals surface area contributed by atoms with Crippen molar-refractivity contribution in [3.63, 3.8) is 0 Å². The summed E-state index contributed by atoms with van der Waals surface area (Å²) in [7, 11) is 0. The Hall–Kier alpha value is -1.10. The maximum Gasteiger partial charge on any atom is 0.225 e. The molecule has 1 heterocycles. The monoisotopic (exact) mass is 256 g/mol. The smallest absolute Gasteiger partial charge is 0.225 e. The number of likely N-dealkylation sites (tertiary alicyclic amines) is 1. The van der Waals surface area contributed by atoms with Gasteiger partial charge in [0, 0.05) is 32.7 Å². The molecule has 2 unspecified atom stereocenters. The first kappa shape index (κ1) is 15.0. The van der Waals surface area contributed by atoms with Gasteiger partial charge in [0.15, 0.2) is 0 Å². The first-order chi connectivity index (χ1) is 8.54. The molecule has 18 heavy (non-hydrogen) atoms. The SMILES string of the molecule is CC(=O)N1CCCC(C(=O)NC(C)CCCO)C1. The second-order valence-corrected chi connectivity index (χ2v) is 5.08. The highest BCUT2D eigenvalue weighted by Gasteiger charge is 2.27. The molecule has 0 saturated carbocycles. The first-order valence-electron chi connectivity index (χ1n) is 6.71. The van der Waals surface area contributed by atoms with Gasteiger partial charge in [0.05, 0.1) is 5.92 Å². The lowest BCUT2D eigenvalue weighted by Crippen LogP contribution is -2.46. The molecule has 1 fully saturated rings. The summed E-state index contributed by atoms with van der Waals surface area (Å²) in [5.41, 5.74) is 0. The molecule has 1 rings (SSSR count). The van der Waals surface area contributed by atoms with Gasteiger partial charge < -0.3 is 15.3 Å². The largest absolute Gasteiger partial charge is 0.396 e. The minimum atomic E-state index is -0.0840. The highest BCUT2D eigenvalue weighted by atomic mass is 16.3. The van der Waals surface area contributed by atoms with Crippen molar-refractivity contribution in [3.05, 3.63) is 0 Å². The molecule has 0 radical (unpaired) electrons. The van der Waals surface area contributed by atoms with Gasteiger partial charge in [-0.25, -0.2) is 0 Å². The van der Waals surface area contributed by atoms with Crippen LogP contribution in [0.25, 0.3) is 0 Å². The molecule has 2 atom stereocenters. The summed E-state index contributed by atoms with van der Waals surface area (Å²) in [5, 5.41) is 11.7. The standard InChI is InChI=1S/C13H24N2O3/c1-10(5-4-8-16)14-13(18)12-6-3-7-15(9-12)11(2)17/h10,12,16H,3-9H2,1-2H3,(H,14,18). The predicted molar refractivity (Wildman–Crippen MR) is 68.9 cm³/mol. The maximum absolute atomic E-state index is 12.0. The number of nitrogens with one attached hydrogen (secondary N) is 1. The number of aliphatic hydroxyl groups is 1. The van der Waals surface area contributed by atoms with E-state index in [9.17, 15) is 9.59 Å². The number of aliphatic hydroxyl groups excluding tert-OH is 1. The number of rotatable bonds is 5. The first-order valence-corrected chi connectivity index (χ1v) is 6.71. The highest BCUT2D eigenvalue weighted by molar-refractivity contribution is 5.80. The van der Waals surface area contributed by atoms with E-state index in [0.29, 0.717) is 13.0 Å². The van der Waals surface area contributed by atoms with Crippen molar-refractivity contribution < 1.29 is 14.7 Å². The Morgan fingerprint density at radius 1 is 1.50 bits per heavy atom. The number of hydrogen-bond donors (Lipinski definition) is 2. The fraction of sp³-hybridized carbons (Fsp3) is 0.846. The van der Waals surface area contributed by atoms with Crippen LogP contribution in [0.4, 0.5) is 0 Å². The predicted octanol–water partition coefficient (Wildman–Crippen LogP) is 0.522. The second kappa shape index (κ2) is 7.36. The Labute approximate surface area is 109 Å². The summed E-state index contributed by atoms with van der Waals surface area (Å²) in [6.07, 6.45) is 3.22. The van der Waals surface area contributed by atoms with Gasteiger partial charge in [-0.15, -0.1) is 0 Å². The minimum absolute atomic E-state index is 0.0337. The van der Waals surface area contributed by atoms with Crippen LogP contribution >= 0.6 is 0 Å². The summed E-state index contributed by atoms with van der Waals surface area (Å²) < 4.78 is 0. The van der Waals surface area contributed by atoms with Gasteiger partial charge >= 0.3 is 0 Å². The maximum atomic E-state index is 12.0. The van der Waals surface area contributed by atoms with Crippen molar-refractivity contribution >= 4 is 11.8 Å². The fourth-order valence-electron chi connectivity index (χ4n) is 2.31. The van der Waals surface area contributed by atoms with Gasteiger partial charge in [0.2, 0.25) is 11.8 Å². The molecule has 1 aliphatic rings. The summed E-state index contributed by atoms with van der Waals surface area (Å²) in [6.45, 7) is 4.94. The average molecular weight is 256 g/mol. The van der Waals surface area contributed by atoms with Crippen LogP contribution in [0.1, 0.15) is 39.5 Å². The lowest BCUT2D eigenvalue weighted by Gasteiger charge is -2.31. The molecule has 0 aromatic heterocycles. The molecule has 0 aromatic rings. The molecule has 0 aliphatic carbocycles. The molecule has 1 saturated heterocycles. The normalized spacial score (nSPS) is 21.5. The van der Waals surface area contributed by atoms with E-state index in [1.165, 1.54) is 0 Å². The van der Waals surface area contributed by atoms with Gasteiger partial charge in [-0.05, 0) is 32.6 Å². The molecule has 0 bridgehead atoms. The van der Waals surface area contributed by atoms with E-state index >= 15 is 0 Å². The van der Waals surface area contributed by atoms with E-state index in [-0.39, 0.29) is 30.4 Å². The molecule has 104 valence electrons. The Kier molecular flexibility index (Phi) is 6.12. The molecular weight excluding hydrogens is 232 g/mol. The zero-order chi connectivity index (χ0) is 13.5. The number of carbonyl (C=O) groups is 2. The number of piperidine rings is 1. The van der Waals surface area contributed by atoms with E-state index in [0.717, 1.165) is 25.8 Å². The summed E-state index contributed by atoms with van der Waals surface area (Å²) >= 11 is 0. The number of nitrogens with zero attached hydrogens (tertiary/aromatic N) is 1. The van der Waals surface area contributed by atoms with Crippen molar-refractivity contribution in [3.8, 4) is 0 Å². The quantitative estimate of drug-likeness (QED) is 0.753. The van der Waals surface area contributed by atoms with Crippen LogP contribution in [0, 0.1) is 5.92 Å². The summed E-state index contributed by atoms with van der Waals surface area (Å²) in [5.74, 6) is -0.00792. The zero-order valence-corrected chi connectivity index (χ0v) is 11.3. The number of hydrogen-bond acceptors (Lipinski definition) is 3. The summed E-state index contributed by atoms with van der Waals surface area (Å²) in [4.78, 5) is 25.1. The van der Waals surface area contributed by atoms with Crippen LogP contribution in [0.5, 0.6) is 0 Å². The lowest BCUT2D eigenvalue weighted by molar-refractivity contribution is -0.134. The number of amides is 2. The Balaban J connectivity index is 2.38. The molecule has 2 N–H and O–H groups in total. The average Bonchev–Trinajstić information content (AvgIpc) is 2.36. The van der Waals surface area contributed by atoms with E-state index in [4.69, 9.17) is 5.11 Å². The summed E-state index contributed by atoms with van der Waals surface area (Å²) in [6, 6.07) is 0.0809. The van der Waals surface area contributed by atoms with Crippen LogP contribution in [0.2, 0.25) is 0 Å². The molecule has 0 spiro atoms. The van der Waals surface area contributed by atoms with Crippen molar-refractivity contribution in [1.82, 2.24) is 10.2 Å². The van der Waals surface area contributed by atoms with E-state index < -0.39 is 0 Å². The van der Waals surface area contributed by atoms with Crippen LogP contribution in [0.15, 0.2) is 0 Å². The van der Waals surface area contributed by atoms with Crippen LogP contribution in [0.3, 0.4) is 0 Å². The van der Waals surface area contributed by atoms with Crippen LogP contribution < -0.4 is 5.32 Å². The van der Waals surface area contributed by atoms with Gasteiger partial charge in [-0.1, -0.05) is 0 Å². The van der Waals surface area contributed by atoms with Gasteiger partial charge in [0.1, 0.15) is 0 Å². The lowest BCUT2D eigenvalue weighted by atomic mass is 9.96. The number of carbonyl (C=O) groups excluding carboxylic acids is 2. The van der Waals surface area contributed by atoms with Crippen molar-refractivity contribution in [2.45, 2.75) is 45.6 Å². The second-order valence-electron chi connectivity index (χ2n) is 5.08. The topological polar surface area (TPSA) is 69.6 Å². The van der Waals surface area contributed by atoms with Gasteiger partial charge in [-0.2, -0.15) is 0 Å². The van der Waals surface area contributed by atoms with E-state index in [1.807, 2.05) is 6.92 Å². The highest BCUT2D eigenvalue weighted by Crippen LogP contribution is 2.17. The third kappa shape index (κ3) is 4.64. The van der Waals surface area contributed by atoms with Crippen molar-refractivity contribution in [2.24, 2.45) is 5.92 Å². The third-order valence-corrected chi connectivity index (χ3v) is 3.42. The molecule has 2 amide bonds. The Morgan fingerprint density at radius 2 is 2.22 bits per heavy atom. The van der Waals surface area contributed by atoms with E-state index in [2.05, 4.69) is 5.32 Å². The van der Waals surface area contributed by atoms with Crippen LogP contribution in [-0.2, 0) is 9.59 Å². The Bertz CT molecular complexity index is 294. The van der Waals surface area contributed by atoms with Crippen molar-refractivity contribution in [1.29, 1.82) is 0 Å². The van der Waals surface area contributed by atoms with Crippen LogP contribution in [-0.4, -0.2) is 47.6 Å². The molecule has 5 heteroatoms. The zero-order valence-electron chi connectivity index (χ0n) is 11.3. The molecule has 1 aliphatic heterocycles. The molecular formula is C13H24N2O3. The van der Waals surface area contributed by atoms with E-state index in [1.54, 1.807) is 11.8 Å². The van der Waals surface area contributed by atoms with Gasteiger partial charge in [0.25, 0.3) is 0 Å². The molecule has 0 aromatic carbocycles. The third-order valence-electron chi connectivity index (χ3n) is 3.42. The van der Waals surface area contributed by atoms with Gasteiger partial charge in [-0.3, -0.25) is 9.59 Å². The Morgan fingerprint density at radius 3 is 2.83 bits per heavy atom. The molecule has 5 nitrogen and oxygen atoms in total. The fourth-order valence-corrected chi connectivity index (χ4v) is 2.31. The minimum Gasteiger partial charge on any atom is -0.396 e. The van der Waals surface area contributed by atoms with Crippen molar-refractivity contribution in [2.75, 3.05) is 19.7 Å².